The van der Waals surface area contributed by atoms with Gasteiger partial charge in [0.2, 0.25) is 10.0 Å². The predicted molar refractivity (Wildman–Crippen MR) is 110 cm³/mol. The Balaban J connectivity index is 2.07. The summed E-state index contributed by atoms with van der Waals surface area (Å²) >= 11 is 0. The fourth-order valence-electron chi connectivity index (χ4n) is 2.48. The molecular weight excluding hydrogens is 379 g/mol. The third-order valence-electron chi connectivity index (χ3n) is 3.87. The minimum absolute atomic E-state index is 0.0218. The van der Waals surface area contributed by atoms with Crippen LogP contribution in [0.15, 0.2) is 58.4 Å². The maximum Gasteiger partial charge on any atom is 0.240 e. The van der Waals surface area contributed by atoms with Gasteiger partial charge >= 0.3 is 0 Å². The first-order valence-electron chi connectivity index (χ1n) is 9.30. The Labute approximate surface area is 166 Å². The number of nitrogens with zero attached hydrogens (tertiary/aromatic N) is 1. The van der Waals surface area contributed by atoms with Gasteiger partial charge in [-0.3, -0.25) is 0 Å². The molecule has 152 valence electrons. The van der Waals surface area contributed by atoms with E-state index < -0.39 is 15.8 Å². The van der Waals surface area contributed by atoms with Crippen molar-refractivity contribution in [3.05, 3.63) is 65.5 Å². The first-order chi connectivity index (χ1) is 13.4. The van der Waals surface area contributed by atoms with E-state index in [1.807, 2.05) is 13.0 Å². The maximum atomic E-state index is 13.2. The molecule has 0 amide bonds. The molecular formula is C20H27FN4O2S. The molecule has 2 aromatic carbocycles. The van der Waals surface area contributed by atoms with Crippen molar-refractivity contribution in [2.75, 3.05) is 13.1 Å². The summed E-state index contributed by atoms with van der Waals surface area (Å²) < 4.78 is 40.9. The van der Waals surface area contributed by atoms with Crippen LogP contribution in [0.25, 0.3) is 0 Å². The molecule has 0 aliphatic rings. The molecule has 0 atom stereocenters. The molecule has 0 aliphatic carbocycles. The van der Waals surface area contributed by atoms with Gasteiger partial charge < -0.3 is 10.6 Å². The van der Waals surface area contributed by atoms with Crippen LogP contribution >= 0.6 is 0 Å². The van der Waals surface area contributed by atoms with Gasteiger partial charge in [0, 0.05) is 19.6 Å². The molecule has 3 N–H and O–H groups in total. The average molecular weight is 407 g/mol. The summed E-state index contributed by atoms with van der Waals surface area (Å²) in [6.45, 7) is 5.99. The number of rotatable bonds is 9. The highest BCUT2D eigenvalue weighted by Crippen LogP contribution is 2.13. The number of halogens is 1. The predicted octanol–water partition coefficient (Wildman–Crippen LogP) is 2.77. The van der Waals surface area contributed by atoms with Crippen LogP contribution < -0.4 is 15.4 Å². The number of guanidine groups is 1. The number of sulfonamides is 1. The van der Waals surface area contributed by atoms with Crippen LogP contribution in [-0.4, -0.2) is 27.5 Å². The van der Waals surface area contributed by atoms with Gasteiger partial charge in [-0.25, -0.2) is 22.5 Å². The smallest absolute Gasteiger partial charge is 0.240 e. The molecule has 0 heterocycles. The second-order valence-corrected chi connectivity index (χ2v) is 7.99. The zero-order valence-electron chi connectivity index (χ0n) is 16.2. The highest BCUT2D eigenvalue weighted by atomic mass is 32.2. The van der Waals surface area contributed by atoms with Crippen molar-refractivity contribution >= 4 is 16.0 Å². The van der Waals surface area contributed by atoms with Crippen LogP contribution in [0.1, 0.15) is 31.4 Å². The molecule has 6 nitrogen and oxygen atoms in total. The van der Waals surface area contributed by atoms with E-state index >= 15 is 0 Å². The molecule has 0 saturated carbocycles. The second-order valence-electron chi connectivity index (χ2n) is 6.22. The van der Waals surface area contributed by atoms with E-state index in [4.69, 9.17) is 0 Å². The monoisotopic (exact) mass is 406 g/mol. The molecule has 0 radical (unpaired) electrons. The number of hydrogen-bond acceptors (Lipinski definition) is 3. The van der Waals surface area contributed by atoms with Crippen LogP contribution in [0.5, 0.6) is 0 Å². The van der Waals surface area contributed by atoms with Gasteiger partial charge in [0.15, 0.2) is 5.96 Å². The third-order valence-corrected chi connectivity index (χ3v) is 5.27. The highest BCUT2D eigenvalue weighted by Gasteiger charge is 2.14. The normalized spacial score (nSPS) is 12.0. The van der Waals surface area contributed by atoms with E-state index in [2.05, 4.69) is 27.3 Å². The lowest BCUT2D eigenvalue weighted by molar-refractivity contribution is 0.580. The lowest BCUT2D eigenvalue weighted by atomic mass is 10.2. The van der Waals surface area contributed by atoms with E-state index in [-0.39, 0.29) is 11.4 Å². The summed E-state index contributed by atoms with van der Waals surface area (Å²) in [4.78, 5) is 4.64. The van der Waals surface area contributed by atoms with Gasteiger partial charge in [-0.15, -0.1) is 0 Å². The van der Waals surface area contributed by atoms with Crippen molar-refractivity contribution in [1.29, 1.82) is 0 Å². The Morgan fingerprint density at radius 2 is 1.79 bits per heavy atom. The molecule has 0 fully saturated rings. The molecule has 0 aliphatic heterocycles. The quantitative estimate of drug-likeness (QED) is 0.442. The minimum atomic E-state index is -3.71. The largest absolute Gasteiger partial charge is 0.357 e. The van der Waals surface area contributed by atoms with Crippen molar-refractivity contribution in [2.24, 2.45) is 4.99 Å². The van der Waals surface area contributed by atoms with E-state index in [0.717, 1.165) is 25.1 Å². The van der Waals surface area contributed by atoms with Crippen molar-refractivity contribution in [3.8, 4) is 0 Å². The molecule has 2 rings (SSSR count). The molecule has 0 spiro atoms. The molecule has 8 heteroatoms. The maximum absolute atomic E-state index is 13.2. The highest BCUT2D eigenvalue weighted by molar-refractivity contribution is 7.89. The Kier molecular flexibility index (Phi) is 8.41. The number of benzene rings is 2. The fraction of sp³-hybridized carbons (Fsp3) is 0.350. The first kappa shape index (κ1) is 21.8. The van der Waals surface area contributed by atoms with E-state index in [1.165, 1.54) is 18.2 Å². The fourth-order valence-corrected chi connectivity index (χ4v) is 3.56. The van der Waals surface area contributed by atoms with E-state index in [0.29, 0.717) is 18.1 Å². The number of nitrogens with one attached hydrogen (secondary N) is 3. The Morgan fingerprint density at radius 1 is 1.04 bits per heavy atom. The molecule has 0 saturated heterocycles. The zero-order chi connectivity index (χ0) is 20.4. The second kappa shape index (κ2) is 10.8. The summed E-state index contributed by atoms with van der Waals surface area (Å²) in [6, 6.07) is 12.5. The molecule has 28 heavy (non-hydrogen) atoms. The van der Waals surface area contributed by atoms with Crippen LogP contribution in [0.3, 0.4) is 0 Å². The summed E-state index contributed by atoms with van der Waals surface area (Å²) in [5.41, 5.74) is 1.34. The molecule has 2 aromatic rings. The Hall–Kier alpha value is -2.45. The van der Waals surface area contributed by atoms with Crippen molar-refractivity contribution in [3.63, 3.8) is 0 Å². The van der Waals surface area contributed by atoms with Gasteiger partial charge in [-0.2, -0.15) is 0 Å². The first-order valence-corrected chi connectivity index (χ1v) is 10.8. The minimum Gasteiger partial charge on any atom is -0.357 e. The van der Waals surface area contributed by atoms with Crippen molar-refractivity contribution < 1.29 is 12.8 Å². The van der Waals surface area contributed by atoms with Crippen molar-refractivity contribution in [1.82, 2.24) is 15.4 Å². The van der Waals surface area contributed by atoms with Gasteiger partial charge in [-0.1, -0.05) is 31.2 Å². The van der Waals surface area contributed by atoms with Crippen LogP contribution in [0.4, 0.5) is 4.39 Å². The summed E-state index contributed by atoms with van der Waals surface area (Å²) in [5, 5.41) is 6.36. The van der Waals surface area contributed by atoms with Crippen LogP contribution in [0, 0.1) is 5.82 Å². The summed E-state index contributed by atoms with van der Waals surface area (Å²) in [6.07, 6.45) is 0.981. The zero-order valence-corrected chi connectivity index (χ0v) is 17.0. The van der Waals surface area contributed by atoms with E-state index in [1.54, 1.807) is 24.3 Å². The SMILES string of the molecule is CCCNC(=NCc1cccc(S(=O)(=O)NCc2cccc(F)c2)c1)NCC. The summed E-state index contributed by atoms with van der Waals surface area (Å²) in [5.74, 6) is 0.298. The van der Waals surface area contributed by atoms with Gasteiger partial charge in [0.05, 0.1) is 11.4 Å². The van der Waals surface area contributed by atoms with E-state index in [9.17, 15) is 12.8 Å². The summed E-state index contributed by atoms with van der Waals surface area (Å²) in [7, 11) is -3.71. The molecule has 0 unspecified atom stereocenters. The molecule has 0 bridgehead atoms. The van der Waals surface area contributed by atoms with Gasteiger partial charge in [0.25, 0.3) is 0 Å². The number of hydrogen-bond donors (Lipinski definition) is 3. The van der Waals surface area contributed by atoms with Crippen LogP contribution in [-0.2, 0) is 23.1 Å². The third kappa shape index (κ3) is 6.94. The average Bonchev–Trinajstić information content (AvgIpc) is 2.69. The molecule has 0 aromatic heterocycles. The van der Waals surface area contributed by atoms with Gasteiger partial charge in [0.1, 0.15) is 5.82 Å². The lowest BCUT2D eigenvalue weighted by Crippen LogP contribution is -2.37. The topological polar surface area (TPSA) is 82.6 Å². The standard InChI is InChI=1S/C20H27FN4O2S/c1-3-11-23-20(22-4-2)24-14-17-8-6-10-19(13-17)28(26,27)25-15-16-7-5-9-18(21)12-16/h5-10,12-13,25H,3-4,11,14-15H2,1-2H3,(H2,22,23,24). The van der Waals surface area contributed by atoms with Gasteiger partial charge in [-0.05, 0) is 48.7 Å². The Bertz CT molecular complexity index is 901. The number of aliphatic imine (C=N–C) groups is 1. The van der Waals surface area contributed by atoms with Crippen molar-refractivity contribution in [2.45, 2.75) is 38.3 Å². The van der Waals surface area contributed by atoms with Crippen LogP contribution in [0.2, 0.25) is 0 Å². The lowest BCUT2D eigenvalue weighted by Gasteiger charge is -2.11. The Morgan fingerprint density at radius 3 is 2.50 bits per heavy atom.